The Morgan fingerprint density at radius 2 is 1.80 bits per heavy atom. The van der Waals surface area contributed by atoms with E-state index in [1.165, 1.54) is 0 Å². The molecule has 0 spiro atoms. The Labute approximate surface area is 184 Å². The van der Waals surface area contributed by atoms with Gasteiger partial charge >= 0.3 is 5.97 Å². The van der Waals surface area contributed by atoms with Crippen LogP contribution in [0.4, 0.5) is 0 Å². The first kappa shape index (κ1) is 24.9. The van der Waals surface area contributed by atoms with Crippen molar-refractivity contribution in [3.8, 4) is 0 Å². The van der Waals surface area contributed by atoms with Gasteiger partial charge in [-0.25, -0.2) is 4.79 Å². The van der Waals surface area contributed by atoms with E-state index in [9.17, 15) is 24.6 Å². The molecule has 0 aromatic rings. The highest BCUT2D eigenvalue weighted by Gasteiger charge is 2.69. The average Bonchev–Trinajstić information content (AvgIpc) is 3.45. The first-order valence-electron chi connectivity index (χ1n) is 10.5. The van der Waals surface area contributed by atoms with E-state index in [4.69, 9.17) is 5.73 Å². The zero-order chi connectivity index (χ0) is 21.9. The smallest absolute Gasteiger partial charge is 0.334 e. The lowest BCUT2D eigenvalue weighted by atomic mass is 9.86. The number of carbonyl (C=O) groups is 3. The van der Waals surface area contributed by atoms with Crippen LogP contribution in [0.15, 0.2) is 0 Å². The van der Waals surface area contributed by atoms with Crippen LogP contribution in [-0.4, -0.2) is 63.7 Å². The highest BCUT2D eigenvalue weighted by atomic mass is 35.5. The van der Waals surface area contributed by atoms with Gasteiger partial charge in [0.25, 0.3) is 0 Å². The molecule has 2 unspecified atom stereocenters. The summed E-state index contributed by atoms with van der Waals surface area (Å²) < 4.78 is 0. The number of carbonyl (C=O) groups excluding carboxylic acids is 2. The van der Waals surface area contributed by atoms with Gasteiger partial charge in [-0.1, -0.05) is 47.5 Å². The molecular formula is C21H36ClN3O5. The number of hydrogen-bond donors (Lipinski definition) is 4. The summed E-state index contributed by atoms with van der Waals surface area (Å²) in [6.45, 7) is 10.3. The fraction of sp³-hybridized carbons (Fsp3) is 0.857. The monoisotopic (exact) mass is 445 g/mol. The first-order chi connectivity index (χ1) is 13.3. The number of fused-ring (bicyclic) bond motifs is 1. The molecule has 0 aromatic heterocycles. The van der Waals surface area contributed by atoms with Crippen molar-refractivity contribution in [1.29, 1.82) is 0 Å². The molecule has 1 saturated heterocycles. The predicted octanol–water partition coefficient (Wildman–Crippen LogP) is 0.995. The summed E-state index contributed by atoms with van der Waals surface area (Å²) in [5.74, 6) is -1.42. The van der Waals surface area contributed by atoms with Crippen LogP contribution in [0, 0.1) is 28.6 Å². The van der Waals surface area contributed by atoms with Crippen molar-refractivity contribution in [3.63, 3.8) is 0 Å². The predicted molar refractivity (Wildman–Crippen MR) is 114 cm³/mol. The number of aliphatic carboxylic acids is 1. The summed E-state index contributed by atoms with van der Waals surface area (Å²) in [5, 5.41) is 22.1. The minimum absolute atomic E-state index is 0. The van der Waals surface area contributed by atoms with Gasteiger partial charge in [0, 0.05) is 6.54 Å². The number of halogens is 1. The van der Waals surface area contributed by atoms with E-state index in [-0.39, 0.29) is 41.5 Å². The number of nitrogens with one attached hydrogen (secondary N) is 1. The van der Waals surface area contributed by atoms with E-state index < -0.39 is 35.6 Å². The molecule has 1 heterocycles. The van der Waals surface area contributed by atoms with Gasteiger partial charge in [-0.05, 0) is 35.0 Å². The molecule has 172 valence electrons. The van der Waals surface area contributed by atoms with Gasteiger partial charge in [0.05, 0.1) is 12.1 Å². The number of nitrogens with zero attached hydrogens (tertiary/aromatic N) is 1. The standard InChI is InChI=1S/C21H35N3O5.ClH/c1-20(2,3)16(22)18(27)24-9-11-13(21(11,4)5)14(24)17(26)23-12(8-10-6-7-10)15(25)19(28)29;/h10-16,25H,6-9,22H2,1-5H3,(H,23,26)(H,28,29);1H/t11-,12?,13-,14-,15?,16+;/m0./s1. The Hall–Kier alpha value is -1.38. The highest BCUT2D eigenvalue weighted by molar-refractivity contribution is 5.92. The number of carboxylic acid groups (broad SMARTS) is 1. The van der Waals surface area contributed by atoms with Gasteiger partial charge in [-0.3, -0.25) is 9.59 Å². The minimum atomic E-state index is -1.66. The molecule has 3 fully saturated rings. The first-order valence-corrected chi connectivity index (χ1v) is 10.5. The molecule has 3 rings (SSSR count). The third kappa shape index (κ3) is 4.60. The lowest BCUT2D eigenvalue weighted by molar-refractivity contribution is -0.150. The van der Waals surface area contributed by atoms with Gasteiger partial charge in [0.1, 0.15) is 6.04 Å². The van der Waals surface area contributed by atoms with Crippen LogP contribution in [0.1, 0.15) is 53.9 Å². The second-order valence-electron chi connectivity index (χ2n) is 10.8. The molecule has 2 amide bonds. The maximum Gasteiger partial charge on any atom is 0.334 e. The number of hydrogen-bond acceptors (Lipinski definition) is 5. The summed E-state index contributed by atoms with van der Waals surface area (Å²) in [5.41, 5.74) is 5.70. The van der Waals surface area contributed by atoms with Crippen LogP contribution in [0.2, 0.25) is 0 Å². The largest absolute Gasteiger partial charge is 0.479 e. The fourth-order valence-electron chi connectivity index (χ4n) is 4.78. The van der Waals surface area contributed by atoms with E-state index in [0.29, 0.717) is 18.9 Å². The fourth-order valence-corrected chi connectivity index (χ4v) is 4.78. The van der Waals surface area contributed by atoms with E-state index >= 15 is 0 Å². The van der Waals surface area contributed by atoms with Gasteiger partial charge in [-0.2, -0.15) is 0 Å². The van der Waals surface area contributed by atoms with Crippen LogP contribution in [0.25, 0.3) is 0 Å². The molecule has 0 radical (unpaired) electrons. The normalized spacial score (nSPS) is 29.8. The average molecular weight is 446 g/mol. The topological polar surface area (TPSA) is 133 Å². The Morgan fingerprint density at radius 1 is 1.23 bits per heavy atom. The molecule has 9 heteroatoms. The van der Waals surface area contributed by atoms with Crippen LogP contribution in [0.5, 0.6) is 0 Å². The van der Waals surface area contributed by atoms with Gasteiger partial charge in [0.2, 0.25) is 11.8 Å². The number of rotatable bonds is 7. The van der Waals surface area contributed by atoms with E-state index in [1.54, 1.807) is 4.90 Å². The van der Waals surface area contributed by atoms with Crippen molar-refractivity contribution in [2.45, 2.75) is 78.1 Å². The number of piperidine rings is 1. The molecule has 5 N–H and O–H groups in total. The molecule has 1 aliphatic heterocycles. The lowest BCUT2D eigenvalue weighted by Crippen LogP contribution is -2.59. The molecule has 0 aromatic carbocycles. The van der Waals surface area contributed by atoms with Crippen molar-refractivity contribution < 1.29 is 24.6 Å². The summed E-state index contributed by atoms with van der Waals surface area (Å²) in [7, 11) is 0. The molecular weight excluding hydrogens is 410 g/mol. The summed E-state index contributed by atoms with van der Waals surface area (Å²) in [6.07, 6.45) is 0.722. The second kappa shape index (κ2) is 8.28. The van der Waals surface area contributed by atoms with E-state index in [1.807, 2.05) is 20.8 Å². The number of likely N-dealkylation sites (tertiary alicyclic amines) is 1. The quantitative estimate of drug-likeness (QED) is 0.462. The number of aliphatic hydroxyl groups is 1. The van der Waals surface area contributed by atoms with Crippen LogP contribution in [0.3, 0.4) is 0 Å². The van der Waals surface area contributed by atoms with Gasteiger partial charge < -0.3 is 26.2 Å². The number of nitrogens with two attached hydrogens (primary N) is 1. The minimum Gasteiger partial charge on any atom is -0.479 e. The zero-order valence-corrected chi connectivity index (χ0v) is 19.2. The molecule has 6 atom stereocenters. The van der Waals surface area contributed by atoms with Crippen LogP contribution in [-0.2, 0) is 14.4 Å². The van der Waals surface area contributed by atoms with Crippen molar-refractivity contribution in [2.75, 3.05) is 6.54 Å². The molecule has 0 bridgehead atoms. The van der Waals surface area contributed by atoms with E-state index in [0.717, 1.165) is 12.8 Å². The maximum atomic E-state index is 13.2. The Balaban J connectivity index is 0.00000320. The lowest BCUT2D eigenvalue weighted by Gasteiger charge is -2.36. The van der Waals surface area contributed by atoms with Crippen LogP contribution < -0.4 is 11.1 Å². The van der Waals surface area contributed by atoms with Crippen molar-refractivity contribution in [2.24, 2.45) is 34.3 Å². The zero-order valence-electron chi connectivity index (χ0n) is 18.4. The third-order valence-corrected chi connectivity index (χ3v) is 7.21. The molecule has 2 aliphatic carbocycles. The Kier molecular flexibility index (Phi) is 6.87. The van der Waals surface area contributed by atoms with Crippen molar-refractivity contribution in [1.82, 2.24) is 10.2 Å². The summed E-state index contributed by atoms with van der Waals surface area (Å²) >= 11 is 0. The SMILES string of the molecule is CC(C)(C)[C@H](N)C(=O)N1C[C@H]2[C@@H]([C@H]1C(=O)NC(CC1CC1)C(O)C(=O)O)C2(C)C.Cl. The Morgan fingerprint density at radius 3 is 2.27 bits per heavy atom. The molecule has 30 heavy (non-hydrogen) atoms. The number of aliphatic hydroxyl groups excluding tert-OH is 1. The summed E-state index contributed by atoms with van der Waals surface area (Å²) in [6, 6.07) is -2.27. The molecule has 3 aliphatic rings. The summed E-state index contributed by atoms with van der Waals surface area (Å²) in [4.78, 5) is 39.2. The third-order valence-electron chi connectivity index (χ3n) is 7.21. The second-order valence-corrected chi connectivity index (χ2v) is 10.8. The van der Waals surface area contributed by atoms with E-state index in [2.05, 4.69) is 19.2 Å². The number of carboxylic acids is 1. The van der Waals surface area contributed by atoms with Crippen LogP contribution >= 0.6 is 12.4 Å². The molecule has 2 saturated carbocycles. The van der Waals surface area contributed by atoms with Crippen molar-refractivity contribution in [3.05, 3.63) is 0 Å². The Bertz CT molecular complexity index is 703. The van der Waals surface area contributed by atoms with Crippen molar-refractivity contribution >= 4 is 30.2 Å². The molecule has 8 nitrogen and oxygen atoms in total. The van der Waals surface area contributed by atoms with Gasteiger partial charge in [0.15, 0.2) is 6.10 Å². The maximum absolute atomic E-state index is 13.2. The highest BCUT2D eigenvalue weighted by Crippen LogP contribution is 2.65. The number of amides is 2. The van der Waals surface area contributed by atoms with Gasteiger partial charge in [-0.15, -0.1) is 12.4 Å².